The lowest BCUT2D eigenvalue weighted by molar-refractivity contribution is -0.121. The number of hydrogen-bond donors (Lipinski definition) is 1. The molecule has 1 heterocycles. The van der Waals surface area contributed by atoms with Gasteiger partial charge in [0.1, 0.15) is 5.75 Å². The Morgan fingerprint density at radius 3 is 2.82 bits per heavy atom. The second kappa shape index (κ2) is 8.62. The summed E-state index contributed by atoms with van der Waals surface area (Å²) >= 11 is 4.67. The number of nitrogens with zero attached hydrogens (tertiary/aromatic N) is 2. The van der Waals surface area contributed by atoms with Crippen LogP contribution in [0.15, 0.2) is 56.8 Å². The van der Waals surface area contributed by atoms with E-state index in [0.717, 1.165) is 10.0 Å². The molecule has 2 aromatic carbocycles. The van der Waals surface area contributed by atoms with Crippen molar-refractivity contribution >= 4 is 56.5 Å². The molecule has 1 saturated heterocycles. The Labute approximate surface area is 175 Å². The highest BCUT2D eigenvalue weighted by atomic mass is 79.9. The van der Waals surface area contributed by atoms with Crippen molar-refractivity contribution in [3.8, 4) is 5.75 Å². The maximum atomic E-state index is 12.6. The molecule has 0 aromatic heterocycles. The number of halogens is 1. The molecule has 0 aliphatic carbocycles. The molecule has 0 saturated carbocycles. The molecule has 1 aliphatic rings. The number of benzene rings is 2. The number of rotatable bonds is 5. The van der Waals surface area contributed by atoms with Crippen molar-refractivity contribution in [1.29, 1.82) is 0 Å². The lowest BCUT2D eigenvalue weighted by atomic mass is 10.2. The fraction of sp³-hybridized carbons (Fsp3) is 0.150. The molecule has 0 radical (unpaired) electrons. The number of carbonyl (C=O) groups is 2. The van der Waals surface area contributed by atoms with Crippen LogP contribution < -0.4 is 4.74 Å². The standard InChI is InChI=1S/C20H17BrN2O4S/c1-3-27-16-8-7-14(21)9-13(16)11-17-18(24)23(2)20(28-17)22-15-6-4-5-12(10-15)19(25)26/h4-11H,3H2,1-2H3,(H,25,26)/b17-11-,22-20?. The Kier molecular flexibility index (Phi) is 6.21. The van der Waals surface area contributed by atoms with Crippen molar-refractivity contribution in [2.75, 3.05) is 13.7 Å². The Bertz CT molecular complexity index is 1000. The van der Waals surface area contributed by atoms with E-state index in [2.05, 4.69) is 20.9 Å². The van der Waals surface area contributed by atoms with Gasteiger partial charge in [0.25, 0.3) is 5.91 Å². The van der Waals surface area contributed by atoms with Gasteiger partial charge in [-0.2, -0.15) is 0 Å². The molecular weight excluding hydrogens is 444 g/mol. The van der Waals surface area contributed by atoms with E-state index in [1.54, 1.807) is 25.3 Å². The highest BCUT2D eigenvalue weighted by Gasteiger charge is 2.30. The summed E-state index contributed by atoms with van der Waals surface area (Å²) in [6.45, 7) is 2.42. The largest absolute Gasteiger partial charge is 0.493 e. The van der Waals surface area contributed by atoms with E-state index in [0.29, 0.717) is 28.1 Å². The average molecular weight is 461 g/mol. The fourth-order valence-electron chi connectivity index (χ4n) is 2.53. The number of ether oxygens (including phenoxy) is 1. The van der Waals surface area contributed by atoms with Gasteiger partial charge in [-0.15, -0.1) is 0 Å². The molecular formula is C20H17BrN2O4S. The lowest BCUT2D eigenvalue weighted by Crippen LogP contribution is -2.23. The molecule has 1 amide bonds. The van der Waals surface area contributed by atoms with Gasteiger partial charge in [0.15, 0.2) is 5.17 Å². The maximum Gasteiger partial charge on any atom is 0.335 e. The second-order valence-electron chi connectivity index (χ2n) is 5.84. The molecule has 28 heavy (non-hydrogen) atoms. The van der Waals surface area contributed by atoms with Crippen LogP contribution in [0.5, 0.6) is 5.75 Å². The number of likely N-dealkylation sites (N-methyl/N-ethyl adjacent to an activating group) is 1. The van der Waals surface area contributed by atoms with Gasteiger partial charge in [-0.25, -0.2) is 9.79 Å². The van der Waals surface area contributed by atoms with Crippen LogP contribution >= 0.6 is 27.7 Å². The molecule has 144 valence electrons. The van der Waals surface area contributed by atoms with E-state index in [-0.39, 0.29) is 11.5 Å². The third kappa shape index (κ3) is 4.45. The monoisotopic (exact) mass is 460 g/mol. The summed E-state index contributed by atoms with van der Waals surface area (Å²) in [6, 6.07) is 11.9. The minimum Gasteiger partial charge on any atom is -0.493 e. The third-order valence-corrected chi connectivity index (χ3v) is 5.43. The number of thioether (sulfide) groups is 1. The van der Waals surface area contributed by atoms with E-state index < -0.39 is 5.97 Å². The van der Waals surface area contributed by atoms with Gasteiger partial charge in [-0.1, -0.05) is 22.0 Å². The summed E-state index contributed by atoms with van der Waals surface area (Å²) < 4.78 is 6.52. The van der Waals surface area contributed by atoms with Crippen LogP contribution in [0.1, 0.15) is 22.8 Å². The number of carboxylic acids is 1. The number of hydrogen-bond acceptors (Lipinski definition) is 5. The Morgan fingerprint density at radius 1 is 1.32 bits per heavy atom. The van der Waals surface area contributed by atoms with Gasteiger partial charge < -0.3 is 9.84 Å². The summed E-state index contributed by atoms with van der Waals surface area (Å²) in [7, 11) is 1.64. The highest BCUT2D eigenvalue weighted by molar-refractivity contribution is 9.10. The van der Waals surface area contributed by atoms with Gasteiger partial charge in [0.2, 0.25) is 0 Å². The first kappa shape index (κ1) is 20.2. The van der Waals surface area contributed by atoms with E-state index in [4.69, 9.17) is 9.84 Å². The maximum absolute atomic E-state index is 12.6. The van der Waals surface area contributed by atoms with E-state index >= 15 is 0 Å². The first-order chi connectivity index (χ1) is 13.4. The smallest absolute Gasteiger partial charge is 0.335 e. The lowest BCUT2D eigenvalue weighted by Gasteiger charge is -2.08. The third-order valence-electron chi connectivity index (χ3n) is 3.88. The van der Waals surface area contributed by atoms with Gasteiger partial charge in [0, 0.05) is 17.1 Å². The van der Waals surface area contributed by atoms with Crippen LogP contribution in [0, 0.1) is 0 Å². The van der Waals surface area contributed by atoms with Crippen molar-refractivity contribution in [3.63, 3.8) is 0 Å². The van der Waals surface area contributed by atoms with E-state index in [1.165, 1.54) is 28.8 Å². The topological polar surface area (TPSA) is 79.2 Å². The molecule has 1 fully saturated rings. The molecule has 3 rings (SSSR count). The zero-order chi connectivity index (χ0) is 20.3. The van der Waals surface area contributed by atoms with Crippen molar-refractivity contribution in [1.82, 2.24) is 4.90 Å². The van der Waals surface area contributed by atoms with Crippen LogP contribution in [0.4, 0.5) is 5.69 Å². The van der Waals surface area contributed by atoms with Crippen molar-refractivity contribution < 1.29 is 19.4 Å². The number of carboxylic acid groups (broad SMARTS) is 1. The van der Waals surface area contributed by atoms with Crippen LogP contribution in [0.2, 0.25) is 0 Å². The van der Waals surface area contributed by atoms with E-state index in [9.17, 15) is 9.59 Å². The van der Waals surface area contributed by atoms with E-state index in [1.807, 2.05) is 25.1 Å². The zero-order valence-electron chi connectivity index (χ0n) is 15.2. The van der Waals surface area contributed by atoms with Gasteiger partial charge in [0.05, 0.1) is 22.8 Å². The summed E-state index contributed by atoms with van der Waals surface area (Å²) in [5.41, 5.74) is 1.40. The highest BCUT2D eigenvalue weighted by Crippen LogP contribution is 2.35. The summed E-state index contributed by atoms with van der Waals surface area (Å²) in [6.07, 6.45) is 1.77. The van der Waals surface area contributed by atoms with Crippen LogP contribution in [-0.4, -0.2) is 40.7 Å². The summed E-state index contributed by atoms with van der Waals surface area (Å²) in [4.78, 5) is 30.2. The molecule has 1 N–H and O–H groups in total. The van der Waals surface area contributed by atoms with Crippen molar-refractivity contribution in [3.05, 3.63) is 63.0 Å². The number of amidine groups is 1. The minimum atomic E-state index is -1.02. The second-order valence-corrected chi connectivity index (χ2v) is 7.76. The molecule has 1 aliphatic heterocycles. The quantitative estimate of drug-likeness (QED) is 0.649. The summed E-state index contributed by atoms with van der Waals surface area (Å²) in [5.74, 6) is -0.515. The number of aliphatic imine (C=N–C) groups is 1. The Morgan fingerprint density at radius 2 is 2.11 bits per heavy atom. The molecule has 6 nitrogen and oxygen atoms in total. The molecule has 0 atom stereocenters. The normalized spacial score (nSPS) is 16.8. The van der Waals surface area contributed by atoms with Crippen LogP contribution in [0.25, 0.3) is 6.08 Å². The molecule has 0 bridgehead atoms. The molecule has 2 aromatic rings. The SMILES string of the molecule is CCOc1ccc(Br)cc1/C=C1\SC(=Nc2cccc(C(=O)O)c2)N(C)C1=O. The average Bonchev–Trinajstić information content (AvgIpc) is 2.92. The van der Waals surface area contributed by atoms with Crippen LogP contribution in [-0.2, 0) is 4.79 Å². The van der Waals surface area contributed by atoms with Crippen molar-refractivity contribution in [2.24, 2.45) is 4.99 Å². The first-order valence-corrected chi connectivity index (χ1v) is 10.0. The zero-order valence-corrected chi connectivity index (χ0v) is 17.6. The first-order valence-electron chi connectivity index (χ1n) is 8.41. The fourth-order valence-corrected chi connectivity index (χ4v) is 3.89. The number of aromatic carboxylic acids is 1. The summed E-state index contributed by atoms with van der Waals surface area (Å²) in [5, 5.41) is 9.60. The van der Waals surface area contributed by atoms with Gasteiger partial charge >= 0.3 is 5.97 Å². The predicted octanol–water partition coefficient (Wildman–Crippen LogP) is 4.78. The molecule has 8 heteroatoms. The van der Waals surface area contributed by atoms with Crippen molar-refractivity contribution in [2.45, 2.75) is 6.92 Å². The Balaban J connectivity index is 1.94. The predicted molar refractivity (Wildman–Crippen MR) is 114 cm³/mol. The number of amides is 1. The molecule has 0 spiro atoms. The number of carbonyl (C=O) groups excluding carboxylic acids is 1. The van der Waals surface area contributed by atoms with Crippen LogP contribution in [0.3, 0.4) is 0 Å². The molecule has 0 unspecified atom stereocenters. The Hall–Kier alpha value is -2.58. The van der Waals surface area contributed by atoms with Gasteiger partial charge in [-0.3, -0.25) is 9.69 Å². The minimum absolute atomic E-state index is 0.144. The van der Waals surface area contributed by atoms with Gasteiger partial charge in [-0.05, 0) is 61.2 Å².